The van der Waals surface area contributed by atoms with Crippen molar-refractivity contribution in [1.29, 1.82) is 0 Å². The van der Waals surface area contributed by atoms with Crippen molar-refractivity contribution in [2.24, 2.45) is 0 Å². The highest BCUT2D eigenvalue weighted by molar-refractivity contribution is 6.36. The van der Waals surface area contributed by atoms with Gasteiger partial charge in [0, 0.05) is 33.6 Å². The number of halogens is 2. The topological polar surface area (TPSA) is 103 Å². The molecule has 5 aromatic rings. The van der Waals surface area contributed by atoms with E-state index in [0.29, 0.717) is 39.9 Å². The van der Waals surface area contributed by atoms with E-state index in [4.69, 9.17) is 37.4 Å². The second-order valence-electron chi connectivity index (χ2n) is 12.2. The number of hydrogen-bond donors (Lipinski definition) is 1. The van der Waals surface area contributed by atoms with Gasteiger partial charge >= 0.3 is 6.09 Å². The van der Waals surface area contributed by atoms with Crippen LogP contribution in [0.15, 0.2) is 72.9 Å². The van der Waals surface area contributed by atoms with E-state index >= 15 is 0 Å². The molecule has 0 radical (unpaired) electrons. The Bertz CT molecular complexity index is 1970. The lowest BCUT2D eigenvalue weighted by atomic mass is 9.96. The van der Waals surface area contributed by atoms with Gasteiger partial charge in [0.15, 0.2) is 6.29 Å². The van der Waals surface area contributed by atoms with Gasteiger partial charge in [0.05, 0.1) is 56.2 Å². The Hall–Kier alpha value is -4.57. The second kappa shape index (κ2) is 14.7. The number of aliphatic hydroxyl groups excluding tert-OH is 1. The Morgan fingerprint density at radius 1 is 0.938 bits per heavy atom. The quantitative estimate of drug-likeness (QED) is 0.139. The zero-order valence-corrected chi connectivity index (χ0v) is 28.9. The highest BCUT2D eigenvalue weighted by Gasteiger charge is 2.24. The average molecular weight is 691 g/mol. The zero-order chi connectivity index (χ0) is 34.6. The summed E-state index contributed by atoms with van der Waals surface area (Å²) in [6.45, 7) is 5.86. The number of amides is 1. The van der Waals surface area contributed by atoms with Crippen molar-refractivity contribution in [3.8, 4) is 33.8 Å². The number of ether oxygens (including phenoxy) is 3. The van der Waals surface area contributed by atoms with Gasteiger partial charge in [0.2, 0.25) is 0 Å². The second-order valence-corrected chi connectivity index (χ2v) is 12.9. The Kier molecular flexibility index (Phi) is 10.6. The maximum absolute atomic E-state index is 12.8. The van der Waals surface area contributed by atoms with Crippen molar-refractivity contribution < 1.29 is 28.9 Å². The number of hydrogen-bond acceptors (Lipinski definition) is 7. The molecular formula is C37H37Cl2N3O6. The van der Waals surface area contributed by atoms with Crippen LogP contribution >= 0.6 is 23.2 Å². The number of fused-ring (bicyclic) bond motifs is 1. The van der Waals surface area contributed by atoms with E-state index in [-0.39, 0.29) is 19.7 Å². The number of benzene rings is 4. The predicted octanol–water partition coefficient (Wildman–Crippen LogP) is 8.28. The minimum absolute atomic E-state index is 0.115. The number of carbonyl (C=O) groups is 2. The fourth-order valence-electron chi connectivity index (χ4n) is 5.52. The highest BCUT2D eigenvalue weighted by atomic mass is 35.5. The van der Waals surface area contributed by atoms with E-state index < -0.39 is 11.7 Å². The number of methoxy groups -OCH3 is 2. The Morgan fingerprint density at radius 2 is 1.65 bits per heavy atom. The molecule has 1 amide bonds. The molecule has 11 heteroatoms. The van der Waals surface area contributed by atoms with Crippen molar-refractivity contribution in [3.05, 3.63) is 99.7 Å². The van der Waals surface area contributed by atoms with Crippen molar-refractivity contribution in [2.45, 2.75) is 39.5 Å². The molecule has 1 aromatic heterocycles. The smallest absolute Gasteiger partial charge is 0.410 e. The van der Waals surface area contributed by atoms with Crippen LogP contribution in [0.4, 0.5) is 4.79 Å². The fourth-order valence-corrected chi connectivity index (χ4v) is 6.09. The molecule has 9 nitrogen and oxygen atoms in total. The molecule has 0 spiro atoms. The Morgan fingerprint density at radius 3 is 2.33 bits per heavy atom. The predicted molar refractivity (Wildman–Crippen MR) is 188 cm³/mol. The molecule has 48 heavy (non-hydrogen) atoms. The molecule has 4 aromatic carbocycles. The Labute approximate surface area is 289 Å². The molecule has 0 unspecified atom stereocenters. The van der Waals surface area contributed by atoms with Gasteiger partial charge in [0.25, 0.3) is 0 Å². The summed E-state index contributed by atoms with van der Waals surface area (Å²) in [5.41, 5.74) is 5.48. The van der Waals surface area contributed by atoms with E-state index in [1.54, 1.807) is 46.2 Å². The molecule has 0 bridgehead atoms. The third kappa shape index (κ3) is 7.44. The van der Waals surface area contributed by atoms with Crippen molar-refractivity contribution in [1.82, 2.24) is 14.7 Å². The first-order valence-electron chi connectivity index (χ1n) is 15.3. The molecule has 0 aliphatic heterocycles. The molecule has 0 saturated heterocycles. The Balaban J connectivity index is 1.47. The summed E-state index contributed by atoms with van der Waals surface area (Å²) >= 11 is 13.7. The number of aromatic nitrogens is 2. The minimum Gasteiger partial charge on any atom is -0.496 e. The van der Waals surface area contributed by atoms with Gasteiger partial charge in [-0.05, 0) is 61.7 Å². The highest BCUT2D eigenvalue weighted by Crippen LogP contribution is 2.40. The fraction of sp³-hybridized carbons (Fsp3) is 0.270. The lowest BCUT2D eigenvalue weighted by molar-refractivity contribution is 0.0200. The summed E-state index contributed by atoms with van der Waals surface area (Å²) in [4.78, 5) is 25.7. The minimum atomic E-state index is -0.671. The van der Waals surface area contributed by atoms with E-state index in [9.17, 15) is 14.7 Å². The van der Waals surface area contributed by atoms with Crippen LogP contribution in [0.1, 0.15) is 42.3 Å². The first-order valence-corrected chi connectivity index (χ1v) is 16.0. The first-order chi connectivity index (χ1) is 23.0. The number of carbonyl (C=O) groups excluding carboxylic acids is 2. The van der Waals surface area contributed by atoms with Crippen molar-refractivity contribution in [2.75, 3.05) is 27.4 Å². The standard InChI is InChI=1S/C37H37Cl2N3O6/c1-37(2,3)48-36(45)41(14-15-43)20-24-13-12-23(17-33(24)46-4)27-8-6-10-29(35(27)39)28-9-7-11-32-30(28)19-40-42(32)21-25-18-34(47-5)26(22-44)16-31(25)38/h6-13,16-19,22,43H,14-15,20-21H2,1-5H3. The van der Waals surface area contributed by atoms with Gasteiger partial charge in [-0.1, -0.05) is 65.7 Å². The van der Waals surface area contributed by atoms with Crippen LogP contribution in [-0.2, 0) is 17.8 Å². The van der Waals surface area contributed by atoms with Crippen LogP contribution in [0.3, 0.4) is 0 Å². The zero-order valence-electron chi connectivity index (χ0n) is 27.4. The van der Waals surface area contributed by atoms with Crippen molar-refractivity contribution >= 4 is 46.5 Å². The number of aliphatic hydroxyl groups is 1. The van der Waals surface area contributed by atoms with E-state index in [1.165, 1.54) is 12.0 Å². The molecule has 1 heterocycles. The van der Waals surface area contributed by atoms with Gasteiger partial charge in [-0.3, -0.25) is 9.48 Å². The summed E-state index contributed by atoms with van der Waals surface area (Å²) in [7, 11) is 3.08. The summed E-state index contributed by atoms with van der Waals surface area (Å²) in [6.07, 6.45) is 2.00. The number of rotatable bonds is 11. The van der Waals surface area contributed by atoms with Crippen LogP contribution < -0.4 is 9.47 Å². The van der Waals surface area contributed by atoms with Crippen LogP contribution in [0.25, 0.3) is 33.2 Å². The van der Waals surface area contributed by atoms with E-state index in [1.807, 2.05) is 59.3 Å². The largest absolute Gasteiger partial charge is 0.496 e. The van der Waals surface area contributed by atoms with Crippen LogP contribution in [0.5, 0.6) is 11.5 Å². The molecule has 0 saturated carbocycles. The van der Waals surface area contributed by atoms with Gasteiger partial charge in [-0.25, -0.2) is 4.79 Å². The molecule has 0 aliphatic rings. The van der Waals surface area contributed by atoms with Crippen LogP contribution in [0.2, 0.25) is 10.0 Å². The number of nitrogens with zero attached hydrogens (tertiary/aromatic N) is 3. The third-order valence-electron chi connectivity index (χ3n) is 7.80. The van der Waals surface area contributed by atoms with Crippen molar-refractivity contribution in [3.63, 3.8) is 0 Å². The van der Waals surface area contributed by atoms with E-state index in [2.05, 4.69) is 5.10 Å². The molecule has 250 valence electrons. The average Bonchev–Trinajstić information content (AvgIpc) is 3.47. The lowest BCUT2D eigenvalue weighted by Gasteiger charge is -2.27. The molecule has 0 atom stereocenters. The summed E-state index contributed by atoms with van der Waals surface area (Å²) in [5, 5.41) is 16.2. The molecule has 1 N–H and O–H groups in total. The van der Waals surface area contributed by atoms with Gasteiger partial charge in [-0.2, -0.15) is 5.10 Å². The third-order valence-corrected chi connectivity index (χ3v) is 8.56. The van der Waals surface area contributed by atoms with E-state index in [0.717, 1.165) is 44.3 Å². The summed E-state index contributed by atoms with van der Waals surface area (Å²) in [5.74, 6) is 1.01. The summed E-state index contributed by atoms with van der Waals surface area (Å²) < 4.78 is 18.5. The molecule has 0 aliphatic carbocycles. The molecular weight excluding hydrogens is 653 g/mol. The first kappa shape index (κ1) is 34.8. The normalized spacial score (nSPS) is 11.4. The lowest BCUT2D eigenvalue weighted by Crippen LogP contribution is -2.38. The maximum Gasteiger partial charge on any atom is 0.410 e. The monoisotopic (exact) mass is 689 g/mol. The van der Waals surface area contributed by atoms with Crippen LogP contribution in [0, 0.1) is 0 Å². The van der Waals surface area contributed by atoms with Gasteiger partial charge in [-0.15, -0.1) is 0 Å². The molecule has 5 rings (SSSR count). The SMILES string of the molecule is COc1cc(Cn2ncc3c(-c4cccc(-c5ccc(CN(CCO)C(=O)OC(C)(C)C)c(OC)c5)c4Cl)cccc32)c(Cl)cc1C=O. The molecule has 0 fully saturated rings. The van der Waals surface area contributed by atoms with Gasteiger partial charge in [0.1, 0.15) is 17.1 Å². The van der Waals surface area contributed by atoms with Gasteiger partial charge < -0.3 is 24.2 Å². The summed E-state index contributed by atoms with van der Waals surface area (Å²) in [6, 6.07) is 20.9. The number of aldehydes is 1. The van der Waals surface area contributed by atoms with Crippen LogP contribution in [-0.4, -0.2) is 65.1 Å². The maximum atomic E-state index is 12.8.